The second-order valence-corrected chi connectivity index (χ2v) is 11.6. The van der Waals surface area contributed by atoms with Gasteiger partial charge in [-0.15, -0.1) is 11.8 Å². The van der Waals surface area contributed by atoms with Crippen LogP contribution in [0.5, 0.6) is 0 Å². The fourth-order valence-corrected chi connectivity index (χ4v) is 6.60. The Morgan fingerprint density at radius 3 is 1.69 bits per heavy atom. The third-order valence-electron chi connectivity index (χ3n) is 6.34. The molecule has 0 unspecified atom stereocenters. The van der Waals surface area contributed by atoms with E-state index in [1.54, 1.807) is 0 Å². The number of aliphatic hydroxyl groups is 1. The van der Waals surface area contributed by atoms with E-state index in [0.717, 1.165) is 12.8 Å². The molecular formula is C30H35NO3S. The summed E-state index contributed by atoms with van der Waals surface area (Å²) >= 11 is 1.82. The highest BCUT2D eigenvalue weighted by Gasteiger charge is 2.42. The molecule has 4 rings (SSSR count). The van der Waals surface area contributed by atoms with E-state index in [4.69, 9.17) is 4.74 Å². The van der Waals surface area contributed by atoms with E-state index in [0.29, 0.717) is 6.42 Å². The number of hydrogen-bond acceptors (Lipinski definition) is 4. The Morgan fingerprint density at radius 2 is 1.29 bits per heavy atom. The van der Waals surface area contributed by atoms with E-state index < -0.39 is 22.5 Å². The number of thioether (sulfide) groups is 1. The minimum Gasteiger partial charge on any atom is -0.444 e. The fourth-order valence-electron chi connectivity index (χ4n) is 4.81. The molecule has 0 saturated heterocycles. The Hall–Kier alpha value is -2.76. The van der Waals surface area contributed by atoms with Crippen molar-refractivity contribution in [1.82, 2.24) is 5.32 Å². The largest absolute Gasteiger partial charge is 0.444 e. The average molecular weight is 490 g/mol. The quantitative estimate of drug-likeness (QED) is 0.387. The van der Waals surface area contributed by atoms with E-state index in [1.807, 2.05) is 50.7 Å². The molecule has 1 amide bonds. The number of hydrogen-bond donors (Lipinski definition) is 2. The van der Waals surface area contributed by atoms with Crippen molar-refractivity contribution in [3.05, 3.63) is 108 Å². The Morgan fingerprint density at radius 1 is 0.829 bits per heavy atom. The number of carbonyl (C=O) groups is 1. The maximum atomic E-state index is 12.3. The summed E-state index contributed by atoms with van der Waals surface area (Å²) in [6.07, 6.45) is 1.12. The molecule has 1 aliphatic carbocycles. The molecule has 5 heteroatoms. The Kier molecular flexibility index (Phi) is 7.88. The third-order valence-corrected chi connectivity index (χ3v) is 8.26. The number of nitrogens with one attached hydrogen (secondary N) is 1. The van der Waals surface area contributed by atoms with Crippen LogP contribution in [0.2, 0.25) is 0 Å². The van der Waals surface area contributed by atoms with Crippen LogP contribution in [0.25, 0.3) is 0 Å². The molecule has 1 saturated carbocycles. The molecule has 0 aliphatic heterocycles. The van der Waals surface area contributed by atoms with E-state index in [9.17, 15) is 9.90 Å². The van der Waals surface area contributed by atoms with Crippen LogP contribution in [-0.2, 0) is 9.48 Å². The SMILES string of the molecule is CC(C)(C)OC(=O)N[C@@H]1CC[C@@H](SC(c2ccccc2)(c2ccccc2)c2ccccc2)[C@H](O)C1. The van der Waals surface area contributed by atoms with Gasteiger partial charge in [0, 0.05) is 11.3 Å². The van der Waals surface area contributed by atoms with Gasteiger partial charge in [0.2, 0.25) is 0 Å². The molecule has 1 fully saturated rings. The van der Waals surface area contributed by atoms with Crippen LogP contribution in [0.3, 0.4) is 0 Å². The summed E-state index contributed by atoms with van der Waals surface area (Å²) in [5, 5.41) is 14.2. The van der Waals surface area contributed by atoms with Gasteiger partial charge in [-0.1, -0.05) is 91.0 Å². The van der Waals surface area contributed by atoms with Crippen LogP contribution in [0.4, 0.5) is 4.79 Å². The predicted octanol–water partition coefficient (Wildman–Crippen LogP) is 6.52. The minimum atomic E-state index is -0.552. The van der Waals surface area contributed by atoms with Crippen molar-refractivity contribution in [3.63, 3.8) is 0 Å². The number of rotatable bonds is 6. The molecule has 35 heavy (non-hydrogen) atoms. The van der Waals surface area contributed by atoms with Crippen molar-refractivity contribution in [1.29, 1.82) is 0 Å². The lowest BCUT2D eigenvalue weighted by atomic mass is 9.84. The Bertz CT molecular complexity index is 986. The lowest BCUT2D eigenvalue weighted by molar-refractivity contribution is 0.0455. The van der Waals surface area contributed by atoms with Gasteiger partial charge in [-0.2, -0.15) is 0 Å². The van der Waals surface area contributed by atoms with Crippen LogP contribution in [0.1, 0.15) is 56.7 Å². The second kappa shape index (κ2) is 10.9. The molecule has 0 spiro atoms. The molecule has 0 radical (unpaired) electrons. The Balaban J connectivity index is 1.63. The van der Waals surface area contributed by atoms with E-state index in [-0.39, 0.29) is 11.3 Å². The Labute approximate surface area is 213 Å². The number of amides is 1. The molecule has 3 atom stereocenters. The van der Waals surface area contributed by atoms with Gasteiger partial charge in [-0.05, 0) is 56.7 Å². The normalized spacial score (nSPS) is 20.7. The van der Waals surface area contributed by atoms with Crippen molar-refractivity contribution >= 4 is 17.9 Å². The summed E-state index contributed by atoms with van der Waals surface area (Å²) in [4.78, 5) is 12.3. The molecule has 0 bridgehead atoms. The summed E-state index contributed by atoms with van der Waals surface area (Å²) in [5.41, 5.74) is 3.01. The highest BCUT2D eigenvalue weighted by Crippen LogP contribution is 2.52. The number of ether oxygens (including phenoxy) is 1. The van der Waals surface area contributed by atoms with Crippen molar-refractivity contribution in [3.8, 4) is 0 Å². The number of aliphatic hydroxyl groups excluding tert-OH is 1. The summed E-state index contributed by atoms with van der Waals surface area (Å²) < 4.78 is 4.95. The molecular weight excluding hydrogens is 454 g/mol. The van der Waals surface area contributed by atoms with Crippen LogP contribution in [0.15, 0.2) is 91.0 Å². The number of alkyl carbamates (subject to hydrolysis) is 1. The van der Waals surface area contributed by atoms with Gasteiger partial charge in [0.1, 0.15) is 5.60 Å². The highest BCUT2D eigenvalue weighted by atomic mass is 32.2. The minimum absolute atomic E-state index is 0.00676. The first-order chi connectivity index (χ1) is 16.8. The van der Waals surface area contributed by atoms with Gasteiger partial charge in [0.05, 0.1) is 10.9 Å². The van der Waals surface area contributed by atoms with Crippen LogP contribution in [0, 0.1) is 0 Å². The van der Waals surface area contributed by atoms with Gasteiger partial charge < -0.3 is 15.2 Å². The first-order valence-electron chi connectivity index (χ1n) is 12.3. The molecule has 4 nitrogen and oxygen atoms in total. The smallest absolute Gasteiger partial charge is 0.407 e. The van der Waals surface area contributed by atoms with Crippen molar-refractivity contribution in [2.24, 2.45) is 0 Å². The van der Waals surface area contributed by atoms with Crippen LogP contribution < -0.4 is 5.32 Å². The molecule has 0 heterocycles. The topological polar surface area (TPSA) is 58.6 Å². The lowest BCUT2D eigenvalue weighted by Gasteiger charge is -2.42. The van der Waals surface area contributed by atoms with E-state index in [1.165, 1.54) is 16.7 Å². The summed E-state index contributed by atoms with van der Waals surface area (Å²) in [5.74, 6) is 0. The molecule has 1 aliphatic rings. The van der Waals surface area contributed by atoms with Crippen molar-refractivity contribution in [2.75, 3.05) is 0 Å². The van der Waals surface area contributed by atoms with Gasteiger partial charge in [0.15, 0.2) is 0 Å². The maximum Gasteiger partial charge on any atom is 0.407 e. The van der Waals surface area contributed by atoms with Crippen molar-refractivity contribution < 1.29 is 14.6 Å². The zero-order chi connectivity index (χ0) is 24.9. The first-order valence-corrected chi connectivity index (χ1v) is 13.2. The summed E-state index contributed by atoms with van der Waals surface area (Å²) in [6.45, 7) is 5.56. The highest BCUT2D eigenvalue weighted by molar-refractivity contribution is 8.01. The molecule has 3 aromatic carbocycles. The van der Waals surface area contributed by atoms with Crippen LogP contribution >= 0.6 is 11.8 Å². The standard InChI is InChI=1S/C30H35NO3S/c1-29(2,3)34-28(33)31-25-19-20-27(26(32)21-25)35-30(22-13-7-4-8-14-22,23-15-9-5-10-16-23)24-17-11-6-12-18-24/h4-18,25-27,32H,19-21H2,1-3H3,(H,31,33)/t25-,26-,27-/m1/s1. The van der Waals surface area contributed by atoms with E-state index in [2.05, 4.69) is 78.1 Å². The summed E-state index contributed by atoms with van der Waals surface area (Å²) in [6, 6.07) is 31.5. The van der Waals surface area contributed by atoms with Gasteiger partial charge in [-0.3, -0.25) is 0 Å². The fraction of sp³-hybridized carbons (Fsp3) is 0.367. The average Bonchev–Trinajstić information content (AvgIpc) is 2.84. The van der Waals surface area contributed by atoms with Gasteiger partial charge in [0.25, 0.3) is 0 Å². The van der Waals surface area contributed by atoms with Gasteiger partial charge in [-0.25, -0.2) is 4.79 Å². The maximum absolute atomic E-state index is 12.3. The second-order valence-electron chi connectivity index (χ2n) is 10.2. The number of carbonyl (C=O) groups excluding carboxylic acids is 1. The van der Waals surface area contributed by atoms with Crippen LogP contribution in [-0.4, -0.2) is 34.2 Å². The molecule has 184 valence electrons. The number of benzene rings is 3. The van der Waals surface area contributed by atoms with Crippen molar-refractivity contribution in [2.45, 2.75) is 67.8 Å². The predicted molar refractivity (Wildman–Crippen MR) is 144 cm³/mol. The molecule has 0 aromatic heterocycles. The zero-order valence-electron chi connectivity index (χ0n) is 20.7. The summed E-state index contributed by atoms with van der Waals surface area (Å²) in [7, 11) is 0. The monoisotopic (exact) mass is 489 g/mol. The molecule has 3 aromatic rings. The lowest BCUT2D eigenvalue weighted by Crippen LogP contribution is -2.46. The first kappa shape index (κ1) is 25.3. The third kappa shape index (κ3) is 6.09. The molecule has 2 N–H and O–H groups in total. The van der Waals surface area contributed by atoms with E-state index >= 15 is 0 Å². The van der Waals surface area contributed by atoms with Gasteiger partial charge >= 0.3 is 6.09 Å². The zero-order valence-corrected chi connectivity index (χ0v) is 21.5.